The van der Waals surface area contributed by atoms with E-state index >= 15 is 0 Å². The van der Waals surface area contributed by atoms with Crippen LogP contribution < -0.4 is 5.32 Å². The largest absolute Gasteiger partial charge is 0.317 e. The van der Waals surface area contributed by atoms with Crippen LogP contribution in [0.5, 0.6) is 0 Å². The Labute approximate surface area is 129 Å². The molecule has 0 atom stereocenters. The molecule has 124 valence electrons. The number of likely N-dealkylation sites (N-methyl/N-ethyl adjacent to an activating group) is 1. The number of rotatable bonds is 6. The molecule has 0 saturated carbocycles. The Morgan fingerprint density at radius 2 is 1.71 bits per heavy atom. The molecular weight excluding hydrogens is 288 g/mol. The summed E-state index contributed by atoms with van der Waals surface area (Å²) in [4.78, 5) is 4.52. The molecule has 2 aliphatic rings. The van der Waals surface area contributed by atoms with Gasteiger partial charge >= 0.3 is 0 Å². The Morgan fingerprint density at radius 1 is 1.10 bits per heavy atom. The Morgan fingerprint density at radius 3 is 2.29 bits per heavy atom. The van der Waals surface area contributed by atoms with Gasteiger partial charge in [-0.1, -0.05) is 0 Å². The summed E-state index contributed by atoms with van der Waals surface area (Å²) in [5.74, 6) is 0.676. The maximum atomic E-state index is 12.5. The average Bonchev–Trinajstić information content (AvgIpc) is 2.46. The molecule has 2 heterocycles. The molecule has 0 aromatic carbocycles. The van der Waals surface area contributed by atoms with E-state index < -0.39 is 10.0 Å². The molecule has 0 aromatic rings. The minimum absolute atomic E-state index is 0.336. The molecule has 2 saturated heterocycles. The van der Waals surface area contributed by atoms with Crippen LogP contribution >= 0.6 is 0 Å². The van der Waals surface area contributed by atoms with Gasteiger partial charge in [-0.25, -0.2) is 8.42 Å². The van der Waals surface area contributed by atoms with Crippen LogP contribution in [-0.2, 0) is 10.0 Å². The molecule has 0 unspecified atom stereocenters. The zero-order valence-corrected chi connectivity index (χ0v) is 14.2. The van der Waals surface area contributed by atoms with Crippen molar-refractivity contribution in [2.45, 2.75) is 12.8 Å². The van der Waals surface area contributed by atoms with Crippen LogP contribution in [-0.4, -0.2) is 94.7 Å². The third kappa shape index (κ3) is 5.49. The zero-order chi connectivity index (χ0) is 15.3. The number of piperidine rings is 1. The van der Waals surface area contributed by atoms with Gasteiger partial charge in [0.25, 0.3) is 0 Å². The average molecular weight is 318 g/mol. The molecule has 6 nitrogen and oxygen atoms in total. The van der Waals surface area contributed by atoms with Gasteiger partial charge in [0, 0.05) is 39.3 Å². The van der Waals surface area contributed by atoms with E-state index in [-0.39, 0.29) is 0 Å². The van der Waals surface area contributed by atoms with Crippen LogP contribution in [0.3, 0.4) is 0 Å². The van der Waals surface area contributed by atoms with Crippen LogP contribution in [0, 0.1) is 5.92 Å². The lowest BCUT2D eigenvalue weighted by Crippen LogP contribution is -2.51. The second-order valence-electron chi connectivity index (χ2n) is 6.52. The molecule has 1 N–H and O–H groups in total. The topological polar surface area (TPSA) is 55.9 Å². The minimum Gasteiger partial charge on any atom is -0.317 e. The van der Waals surface area contributed by atoms with Crippen molar-refractivity contribution in [1.82, 2.24) is 19.4 Å². The van der Waals surface area contributed by atoms with Crippen LogP contribution in [0.4, 0.5) is 0 Å². The van der Waals surface area contributed by atoms with Gasteiger partial charge in [-0.2, -0.15) is 4.31 Å². The van der Waals surface area contributed by atoms with E-state index in [0.717, 1.165) is 52.1 Å². The van der Waals surface area contributed by atoms with E-state index in [1.807, 2.05) is 0 Å². The van der Waals surface area contributed by atoms with Gasteiger partial charge < -0.3 is 10.2 Å². The summed E-state index contributed by atoms with van der Waals surface area (Å²) in [5, 5.41) is 3.29. The summed E-state index contributed by atoms with van der Waals surface area (Å²) in [6, 6.07) is 0. The number of hydrogen-bond donors (Lipinski definition) is 1. The van der Waals surface area contributed by atoms with E-state index in [1.165, 1.54) is 0 Å². The number of hydrogen-bond acceptors (Lipinski definition) is 5. The van der Waals surface area contributed by atoms with Crippen molar-refractivity contribution >= 4 is 10.0 Å². The monoisotopic (exact) mass is 318 g/mol. The first-order valence-corrected chi connectivity index (χ1v) is 9.64. The number of nitrogens with one attached hydrogen (secondary N) is 1. The Kier molecular flexibility index (Phi) is 6.43. The van der Waals surface area contributed by atoms with Crippen LogP contribution in [0.1, 0.15) is 12.8 Å². The molecule has 2 aliphatic heterocycles. The SMILES string of the molecule is CN(C)CCN1CCN(S(=O)(=O)CC2CCNCC2)CC1. The molecule has 0 aromatic heterocycles. The number of sulfonamides is 1. The third-order valence-corrected chi connectivity index (χ3v) is 6.54. The highest BCUT2D eigenvalue weighted by atomic mass is 32.2. The lowest BCUT2D eigenvalue weighted by molar-refractivity contribution is 0.174. The standard InChI is InChI=1S/C14H30N4O2S/c1-16(2)7-8-17-9-11-18(12-10-17)21(19,20)13-14-3-5-15-6-4-14/h14-15H,3-13H2,1-2H3. The first-order chi connectivity index (χ1) is 9.97. The summed E-state index contributed by atoms with van der Waals surface area (Å²) < 4.78 is 26.7. The summed E-state index contributed by atoms with van der Waals surface area (Å²) in [6.45, 7) is 6.99. The highest BCUT2D eigenvalue weighted by molar-refractivity contribution is 7.89. The summed E-state index contributed by atoms with van der Waals surface area (Å²) in [6.07, 6.45) is 1.98. The van der Waals surface area contributed by atoms with Crippen LogP contribution in [0.25, 0.3) is 0 Å². The van der Waals surface area contributed by atoms with Gasteiger partial charge in [0.2, 0.25) is 10.0 Å². The smallest absolute Gasteiger partial charge is 0.214 e. The summed E-state index contributed by atoms with van der Waals surface area (Å²) in [7, 11) is 1.07. The fourth-order valence-electron chi connectivity index (χ4n) is 3.02. The fraction of sp³-hybridized carbons (Fsp3) is 1.00. The predicted octanol–water partition coefficient (Wildman–Crippen LogP) is -0.505. The van der Waals surface area contributed by atoms with Gasteiger partial charge in [-0.3, -0.25) is 4.90 Å². The lowest BCUT2D eigenvalue weighted by atomic mass is 10.0. The fourth-order valence-corrected chi connectivity index (χ4v) is 4.88. The van der Waals surface area contributed by atoms with E-state index in [0.29, 0.717) is 24.8 Å². The summed E-state index contributed by atoms with van der Waals surface area (Å²) in [5.41, 5.74) is 0. The molecule has 0 aliphatic carbocycles. The van der Waals surface area contributed by atoms with E-state index in [2.05, 4.69) is 29.2 Å². The first-order valence-electron chi connectivity index (χ1n) is 8.03. The highest BCUT2D eigenvalue weighted by Gasteiger charge is 2.29. The zero-order valence-electron chi connectivity index (χ0n) is 13.4. The van der Waals surface area contributed by atoms with Crippen molar-refractivity contribution in [3.05, 3.63) is 0 Å². The van der Waals surface area contributed by atoms with Gasteiger partial charge in [-0.15, -0.1) is 0 Å². The maximum Gasteiger partial charge on any atom is 0.214 e. The Bertz CT molecular complexity index is 399. The van der Waals surface area contributed by atoms with Gasteiger partial charge in [0.05, 0.1) is 5.75 Å². The molecule has 21 heavy (non-hydrogen) atoms. The van der Waals surface area contributed by atoms with E-state index in [1.54, 1.807) is 4.31 Å². The summed E-state index contributed by atoms with van der Waals surface area (Å²) >= 11 is 0. The Hall–Kier alpha value is -0.210. The molecule has 2 fully saturated rings. The van der Waals surface area contributed by atoms with Crippen molar-refractivity contribution in [2.75, 3.05) is 72.2 Å². The Balaban J connectivity index is 1.77. The molecular formula is C14H30N4O2S. The van der Waals surface area contributed by atoms with Crippen molar-refractivity contribution < 1.29 is 8.42 Å². The third-order valence-electron chi connectivity index (χ3n) is 4.49. The molecule has 0 radical (unpaired) electrons. The predicted molar refractivity (Wildman–Crippen MR) is 85.9 cm³/mol. The van der Waals surface area contributed by atoms with Crippen molar-refractivity contribution in [3.63, 3.8) is 0 Å². The highest BCUT2D eigenvalue weighted by Crippen LogP contribution is 2.17. The van der Waals surface area contributed by atoms with Crippen LogP contribution in [0.15, 0.2) is 0 Å². The molecule has 0 spiro atoms. The molecule has 7 heteroatoms. The van der Waals surface area contributed by atoms with Gasteiger partial charge in [-0.05, 0) is 45.9 Å². The molecule has 0 amide bonds. The molecule has 0 bridgehead atoms. The van der Waals surface area contributed by atoms with Crippen molar-refractivity contribution in [3.8, 4) is 0 Å². The van der Waals surface area contributed by atoms with E-state index in [9.17, 15) is 8.42 Å². The molecule has 2 rings (SSSR count). The quantitative estimate of drug-likeness (QED) is 0.715. The van der Waals surface area contributed by atoms with Crippen molar-refractivity contribution in [2.24, 2.45) is 5.92 Å². The van der Waals surface area contributed by atoms with Gasteiger partial charge in [0.1, 0.15) is 0 Å². The van der Waals surface area contributed by atoms with Crippen LogP contribution in [0.2, 0.25) is 0 Å². The maximum absolute atomic E-state index is 12.5. The van der Waals surface area contributed by atoms with E-state index in [4.69, 9.17) is 0 Å². The number of piperazine rings is 1. The minimum atomic E-state index is -3.07. The lowest BCUT2D eigenvalue weighted by Gasteiger charge is -2.35. The van der Waals surface area contributed by atoms with Crippen molar-refractivity contribution in [1.29, 1.82) is 0 Å². The van der Waals surface area contributed by atoms with Gasteiger partial charge in [0.15, 0.2) is 0 Å². The normalized spacial score (nSPS) is 23.8. The first kappa shape index (κ1) is 17.1. The number of nitrogens with zero attached hydrogens (tertiary/aromatic N) is 3. The second-order valence-corrected chi connectivity index (χ2v) is 8.53. The second kappa shape index (κ2) is 7.87.